The minimum atomic E-state index is -0.426. The van der Waals surface area contributed by atoms with E-state index in [4.69, 9.17) is 9.15 Å². The normalized spacial score (nSPS) is 20.1. The number of hydrogen-bond acceptors (Lipinski definition) is 5. The third-order valence-corrected chi connectivity index (χ3v) is 3.12. The first kappa shape index (κ1) is 14.7. The molecule has 6 nitrogen and oxygen atoms in total. The zero-order valence-corrected chi connectivity index (χ0v) is 11.8. The maximum absolute atomic E-state index is 12.1. The van der Waals surface area contributed by atoms with Crippen molar-refractivity contribution in [2.24, 2.45) is 0 Å². The molecule has 20 heavy (non-hydrogen) atoms. The summed E-state index contributed by atoms with van der Waals surface area (Å²) in [7, 11) is 0. The first-order valence-electron chi connectivity index (χ1n) is 6.77. The van der Waals surface area contributed by atoms with Crippen LogP contribution in [0.5, 0.6) is 0 Å². The maximum Gasteiger partial charge on any atom is 0.239 e. The second-order valence-electron chi connectivity index (χ2n) is 5.12. The minimum absolute atomic E-state index is 0.0621. The van der Waals surface area contributed by atoms with Gasteiger partial charge in [0.05, 0.1) is 26.0 Å². The third kappa shape index (κ3) is 3.68. The van der Waals surface area contributed by atoms with Gasteiger partial charge in [0, 0.05) is 12.6 Å². The molecule has 6 heteroatoms. The van der Waals surface area contributed by atoms with Crippen LogP contribution in [0.25, 0.3) is 0 Å². The van der Waals surface area contributed by atoms with E-state index in [1.165, 1.54) is 6.26 Å². The Hall–Kier alpha value is -1.66. The van der Waals surface area contributed by atoms with E-state index in [0.29, 0.717) is 25.5 Å². The lowest BCUT2D eigenvalue weighted by Gasteiger charge is -2.34. The van der Waals surface area contributed by atoms with Gasteiger partial charge < -0.3 is 14.5 Å². The van der Waals surface area contributed by atoms with Gasteiger partial charge in [0.15, 0.2) is 5.76 Å². The second kappa shape index (κ2) is 6.67. The van der Waals surface area contributed by atoms with Gasteiger partial charge in [-0.2, -0.15) is 0 Å². The summed E-state index contributed by atoms with van der Waals surface area (Å²) in [6.45, 7) is 5.36. The summed E-state index contributed by atoms with van der Waals surface area (Å²) in [6.07, 6.45) is 1.47. The van der Waals surface area contributed by atoms with Crippen molar-refractivity contribution in [2.75, 3.05) is 26.3 Å². The fourth-order valence-electron chi connectivity index (χ4n) is 2.15. The Morgan fingerprint density at radius 1 is 1.50 bits per heavy atom. The first-order chi connectivity index (χ1) is 9.58. The molecule has 0 aliphatic carbocycles. The molecule has 0 saturated carbocycles. The Balaban J connectivity index is 2.00. The highest BCUT2D eigenvalue weighted by atomic mass is 16.5. The van der Waals surface area contributed by atoms with Gasteiger partial charge in [0.2, 0.25) is 11.7 Å². The number of hydrogen-bond donors (Lipinski definition) is 1. The number of morpholine rings is 1. The zero-order valence-electron chi connectivity index (χ0n) is 11.8. The fourth-order valence-corrected chi connectivity index (χ4v) is 2.15. The molecule has 2 heterocycles. The van der Waals surface area contributed by atoms with Crippen LogP contribution in [0.1, 0.15) is 24.4 Å². The van der Waals surface area contributed by atoms with E-state index in [2.05, 4.69) is 5.32 Å². The molecule has 1 aliphatic heterocycles. The molecule has 1 aliphatic rings. The molecule has 0 radical (unpaired) electrons. The van der Waals surface area contributed by atoms with E-state index < -0.39 is 6.04 Å². The van der Waals surface area contributed by atoms with Crippen molar-refractivity contribution in [1.29, 1.82) is 0 Å². The van der Waals surface area contributed by atoms with Crippen molar-refractivity contribution in [3.05, 3.63) is 24.2 Å². The van der Waals surface area contributed by atoms with E-state index in [9.17, 15) is 9.59 Å². The molecule has 2 rings (SSSR count). The number of carbonyl (C=O) groups excluding carboxylic acids is 2. The monoisotopic (exact) mass is 280 g/mol. The molecule has 1 aromatic heterocycles. The summed E-state index contributed by atoms with van der Waals surface area (Å²) >= 11 is 0. The number of ether oxygens (including phenoxy) is 1. The predicted molar refractivity (Wildman–Crippen MR) is 72.5 cm³/mol. The van der Waals surface area contributed by atoms with Gasteiger partial charge in [-0.05, 0) is 26.0 Å². The van der Waals surface area contributed by atoms with E-state index in [1.54, 1.807) is 12.1 Å². The van der Waals surface area contributed by atoms with Gasteiger partial charge in [-0.1, -0.05) is 0 Å². The van der Waals surface area contributed by atoms with Crippen LogP contribution in [0.4, 0.5) is 0 Å². The topological polar surface area (TPSA) is 71.8 Å². The SMILES string of the molecule is CC(C)NC(=O)C1COCCN1CC(=O)c1ccco1. The van der Waals surface area contributed by atoms with Crippen LogP contribution < -0.4 is 5.32 Å². The van der Waals surface area contributed by atoms with Gasteiger partial charge in [-0.15, -0.1) is 0 Å². The van der Waals surface area contributed by atoms with Gasteiger partial charge in [0.25, 0.3) is 0 Å². The van der Waals surface area contributed by atoms with Crippen LogP contribution in [-0.2, 0) is 9.53 Å². The number of Topliss-reactive ketones (excluding diaryl/α,β-unsaturated/α-hetero) is 1. The van der Waals surface area contributed by atoms with Crippen molar-refractivity contribution in [3.63, 3.8) is 0 Å². The number of nitrogens with one attached hydrogen (secondary N) is 1. The Labute approximate surface area is 118 Å². The van der Waals surface area contributed by atoms with Crippen LogP contribution in [-0.4, -0.2) is 55.0 Å². The second-order valence-corrected chi connectivity index (χ2v) is 5.12. The van der Waals surface area contributed by atoms with Gasteiger partial charge in [-0.25, -0.2) is 0 Å². The molecule has 1 amide bonds. The average molecular weight is 280 g/mol. The molecule has 0 spiro atoms. The van der Waals surface area contributed by atoms with Crippen LogP contribution in [0, 0.1) is 0 Å². The average Bonchev–Trinajstić information content (AvgIpc) is 2.92. The predicted octanol–water partition coefficient (Wildman–Crippen LogP) is 0.688. The molecule has 1 N–H and O–H groups in total. The van der Waals surface area contributed by atoms with E-state index in [0.717, 1.165) is 0 Å². The van der Waals surface area contributed by atoms with E-state index in [1.807, 2.05) is 18.7 Å². The number of amides is 1. The summed E-state index contributed by atoms with van der Waals surface area (Å²) in [4.78, 5) is 26.0. The molecule has 0 aromatic carbocycles. The smallest absolute Gasteiger partial charge is 0.239 e. The quantitative estimate of drug-likeness (QED) is 0.803. The lowest BCUT2D eigenvalue weighted by molar-refractivity contribution is -0.132. The highest BCUT2D eigenvalue weighted by Crippen LogP contribution is 2.10. The largest absolute Gasteiger partial charge is 0.461 e. The van der Waals surface area contributed by atoms with E-state index >= 15 is 0 Å². The number of furan rings is 1. The van der Waals surface area contributed by atoms with E-state index in [-0.39, 0.29) is 24.3 Å². The maximum atomic E-state index is 12.1. The number of carbonyl (C=O) groups is 2. The molecule has 1 unspecified atom stereocenters. The Morgan fingerprint density at radius 2 is 2.30 bits per heavy atom. The first-order valence-corrected chi connectivity index (χ1v) is 6.77. The molecule has 110 valence electrons. The molecule has 0 bridgehead atoms. The van der Waals surface area contributed by atoms with Crippen molar-refractivity contribution >= 4 is 11.7 Å². The Bertz CT molecular complexity index is 456. The fraction of sp³-hybridized carbons (Fsp3) is 0.571. The molecule has 1 saturated heterocycles. The lowest BCUT2D eigenvalue weighted by Crippen LogP contribution is -2.55. The minimum Gasteiger partial charge on any atom is -0.461 e. The summed E-state index contributed by atoms with van der Waals surface area (Å²) in [5.74, 6) is 0.0886. The lowest BCUT2D eigenvalue weighted by atomic mass is 10.1. The molecule has 1 atom stereocenters. The highest BCUT2D eigenvalue weighted by Gasteiger charge is 2.31. The summed E-state index contributed by atoms with van der Waals surface area (Å²) < 4.78 is 10.4. The number of ketones is 1. The molecule has 1 aromatic rings. The van der Waals surface area contributed by atoms with Crippen LogP contribution in [0.2, 0.25) is 0 Å². The van der Waals surface area contributed by atoms with Gasteiger partial charge in [0.1, 0.15) is 6.04 Å². The van der Waals surface area contributed by atoms with Crippen molar-refractivity contribution in [1.82, 2.24) is 10.2 Å². The molecular formula is C14H20N2O4. The summed E-state index contributed by atoms with van der Waals surface area (Å²) in [5.41, 5.74) is 0. The zero-order chi connectivity index (χ0) is 14.5. The number of rotatable bonds is 5. The number of nitrogens with zero attached hydrogens (tertiary/aromatic N) is 1. The highest BCUT2D eigenvalue weighted by molar-refractivity contribution is 5.95. The summed E-state index contributed by atoms with van der Waals surface area (Å²) in [6, 6.07) is 2.94. The Kier molecular flexibility index (Phi) is 4.92. The van der Waals surface area contributed by atoms with Crippen LogP contribution in [0.3, 0.4) is 0 Å². The standard InChI is InChI=1S/C14H20N2O4/c1-10(2)15-14(18)11-9-19-7-5-16(11)8-12(17)13-4-3-6-20-13/h3-4,6,10-11H,5,7-9H2,1-2H3,(H,15,18). The molecule has 1 fully saturated rings. The van der Waals surface area contributed by atoms with Crippen molar-refractivity contribution < 1.29 is 18.7 Å². The van der Waals surface area contributed by atoms with Gasteiger partial charge in [-0.3, -0.25) is 14.5 Å². The van der Waals surface area contributed by atoms with Gasteiger partial charge >= 0.3 is 0 Å². The van der Waals surface area contributed by atoms with Crippen LogP contribution >= 0.6 is 0 Å². The third-order valence-electron chi connectivity index (χ3n) is 3.12. The summed E-state index contributed by atoms with van der Waals surface area (Å²) in [5, 5.41) is 2.86. The van der Waals surface area contributed by atoms with Crippen molar-refractivity contribution in [3.8, 4) is 0 Å². The molecular weight excluding hydrogens is 260 g/mol. The van der Waals surface area contributed by atoms with Crippen molar-refractivity contribution in [2.45, 2.75) is 25.9 Å². The Morgan fingerprint density at radius 3 is 2.95 bits per heavy atom. The van der Waals surface area contributed by atoms with Crippen LogP contribution in [0.15, 0.2) is 22.8 Å².